The molecular weight excluding hydrogens is 234 g/mol. The van der Waals surface area contributed by atoms with Crippen molar-refractivity contribution in [2.24, 2.45) is 0 Å². The highest BCUT2D eigenvalue weighted by Crippen LogP contribution is 2.19. The minimum atomic E-state index is -0.281. The van der Waals surface area contributed by atoms with Crippen molar-refractivity contribution in [2.75, 3.05) is 12.4 Å². The topological polar surface area (TPSA) is 68.5 Å². The standard InChI is InChI=1S/C13H13NO4/c1-3-12(15)14-10-7-18-11-5-4-8(17-2)6-9(11)13(10)16/h4-7H,3H2,1-2H3,(H,14,15). The molecule has 18 heavy (non-hydrogen) atoms. The van der Waals surface area contributed by atoms with Gasteiger partial charge in [0.2, 0.25) is 11.3 Å². The molecule has 0 unspecified atom stereocenters. The van der Waals surface area contributed by atoms with E-state index in [0.29, 0.717) is 23.1 Å². The summed E-state index contributed by atoms with van der Waals surface area (Å²) in [5.41, 5.74) is 0.315. The number of methoxy groups -OCH3 is 1. The van der Waals surface area contributed by atoms with Crippen LogP contribution in [0, 0.1) is 0 Å². The summed E-state index contributed by atoms with van der Waals surface area (Å²) in [5, 5.41) is 2.88. The number of carbonyl (C=O) groups is 1. The Morgan fingerprint density at radius 3 is 2.89 bits per heavy atom. The van der Waals surface area contributed by atoms with Crippen LogP contribution < -0.4 is 15.5 Å². The number of amides is 1. The number of benzene rings is 1. The third-order valence-corrected chi connectivity index (χ3v) is 2.57. The SMILES string of the molecule is CCC(=O)Nc1coc2ccc(OC)cc2c1=O. The van der Waals surface area contributed by atoms with Crippen LogP contribution in [0.1, 0.15) is 13.3 Å². The third kappa shape index (κ3) is 2.20. The van der Waals surface area contributed by atoms with E-state index in [9.17, 15) is 9.59 Å². The first kappa shape index (κ1) is 12.2. The number of hydrogen-bond donors (Lipinski definition) is 1. The Labute approximate surface area is 103 Å². The second-order valence-corrected chi connectivity index (χ2v) is 3.74. The van der Waals surface area contributed by atoms with Gasteiger partial charge >= 0.3 is 0 Å². The average Bonchev–Trinajstić information content (AvgIpc) is 2.41. The van der Waals surface area contributed by atoms with E-state index < -0.39 is 0 Å². The van der Waals surface area contributed by atoms with E-state index in [1.807, 2.05) is 0 Å². The minimum Gasteiger partial charge on any atom is -0.497 e. The van der Waals surface area contributed by atoms with E-state index in [4.69, 9.17) is 9.15 Å². The van der Waals surface area contributed by atoms with Crippen LogP contribution in [0.4, 0.5) is 5.69 Å². The van der Waals surface area contributed by atoms with Crippen molar-refractivity contribution in [1.29, 1.82) is 0 Å². The lowest BCUT2D eigenvalue weighted by atomic mass is 10.2. The van der Waals surface area contributed by atoms with E-state index in [1.165, 1.54) is 13.4 Å². The largest absolute Gasteiger partial charge is 0.497 e. The second-order valence-electron chi connectivity index (χ2n) is 3.74. The molecule has 1 heterocycles. The minimum absolute atomic E-state index is 0.141. The quantitative estimate of drug-likeness (QED) is 0.902. The molecule has 1 N–H and O–H groups in total. The van der Waals surface area contributed by atoms with Crippen molar-refractivity contribution in [1.82, 2.24) is 0 Å². The van der Waals surface area contributed by atoms with E-state index in [1.54, 1.807) is 25.1 Å². The van der Waals surface area contributed by atoms with E-state index in [-0.39, 0.29) is 17.0 Å². The summed E-state index contributed by atoms with van der Waals surface area (Å²) in [4.78, 5) is 23.4. The molecule has 0 saturated heterocycles. The van der Waals surface area contributed by atoms with Crippen LogP contribution >= 0.6 is 0 Å². The van der Waals surface area contributed by atoms with Crippen molar-refractivity contribution in [3.8, 4) is 5.75 Å². The first-order chi connectivity index (χ1) is 8.65. The molecule has 1 amide bonds. The first-order valence-electron chi connectivity index (χ1n) is 5.55. The average molecular weight is 247 g/mol. The molecule has 1 aromatic heterocycles. The first-order valence-corrected chi connectivity index (χ1v) is 5.55. The second kappa shape index (κ2) is 4.91. The van der Waals surface area contributed by atoms with Gasteiger partial charge in [-0.2, -0.15) is 0 Å². The number of nitrogens with one attached hydrogen (secondary N) is 1. The van der Waals surface area contributed by atoms with Crippen LogP contribution in [-0.4, -0.2) is 13.0 Å². The molecule has 0 aliphatic heterocycles. The van der Waals surface area contributed by atoms with Gasteiger partial charge in [0.15, 0.2) is 0 Å². The Bertz CT molecular complexity index is 645. The van der Waals surface area contributed by atoms with Crippen LogP contribution in [-0.2, 0) is 4.79 Å². The summed E-state index contributed by atoms with van der Waals surface area (Å²) in [6, 6.07) is 4.94. The molecule has 0 fully saturated rings. The van der Waals surface area contributed by atoms with Gasteiger partial charge in [0.25, 0.3) is 0 Å². The van der Waals surface area contributed by atoms with E-state index >= 15 is 0 Å². The monoisotopic (exact) mass is 247 g/mol. The predicted octanol–water partition coefficient (Wildman–Crippen LogP) is 2.15. The predicted molar refractivity (Wildman–Crippen MR) is 68.0 cm³/mol. The van der Waals surface area contributed by atoms with Gasteiger partial charge in [-0.25, -0.2) is 0 Å². The molecular formula is C13H13NO4. The zero-order chi connectivity index (χ0) is 13.1. The fourth-order valence-electron chi connectivity index (χ4n) is 1.56. The van der Waals surface area contributed by atoms with Crippen molar-refractivity contribution in [3.63, 3.8) is 0 Å². The van der Waals surface area contributed by atoms with Crippen LogP contribution in [0.3, 0.4) is 0 Å². The van der Waals surface area contributed by atoms with Gasteiger partial charge in [0.05, 0.1) is 12.5 Å². The number of hydrogen-bond acceptors (Lipinski definition) is 4. The molecule has 94 valence electrons. The number of ether oxygens (including phenoxy) is 1. The maximum absolute atomic E-state index is 12.1. The van der Waals surface area contributed by atoms with Gasteiger partial charge in [-0.3, -0.25) is 9.59 Å². The molecule has 5 nitrogen and oxygen atoms in total. The van der Waals surface area contributed by atoms with Gasteiger partial charge in [0, 0.05) is 6.42 Å². The van der Waals surface area contributed by atoms with Crippen LogP contribution in [0.5, 0.6) is 5.75 Å². The highest BCUT2D eigenvalue weighted by molar-refractivity contribution is 5.92. The zero-order valence-corrected chi connectivity index (χ0v) is 10.1. The molecule has 5 heteroatoms. The molecule has 0 radical (unpaired) electrons. The fourth-order valence-corrected chi connectivity index (χ4v) is 1.56. The van der Waals surface area contributed by atoms with E-state index in [0.717, 1.165) is 0 Å². The van der Waals surface area contributed by atoms with Crippen molar-refractivity contribution >= 4 is 22.6 Å². The van der Waals surface area contributed by atoms with E-state index in [2.05, 4.69) is 5.32 Å². The molecule has 0 saturated carbocycles. The van der Waals surface area contributed by atoms with Gasteiger partial charge < -0.3 is 14.5 Å². The number of fused-ring (bicyclic) bond motifs is 1. The molecule has 2 aromatic rings. The van der Waals surface area contributed by atoms with Crippen LogP contribution in [0.2, 0.25) is 0 Å². The number of anilines is 1. The molecule has 1 aromatic carbocycles. The van der Waals surface area contributed by atoms with Crippen LogP contribution in [0.15, 0.2) is 33.7 Å². The Morgan fingerprint density at radius 2 is 2.22 bits per heavy atom. The van der Waals surface area contributed by atoms with Crippen molar-refractivity contribution in [2.45, 2.75) is 13.3 Å². The molecule has 0 bridgehead atoms. The number of rotatable bonds is 3. The molecule has 0 spiro atoms. The van der Waals surface area contributed by atoms with Gasteiger partial charge in [-0.1, -0.05) is 6.92 Å². The van der Waals surface area contributed by atoms with Crippen molar-refractivity contribution in [3.05, 3.63) is 34.7 Å². The fraction of sp³-hybridized carbons (Fsp3) is 0.231. The molecule has 0 atom stereocenters. The maximum Gasteiger partial charge on any atom is 0.224 e. The Hall–Kier alpha value is -2.30. The summed E-state index contributed by atoms with van der Waals surface area (Å²) in [7, 11) is 1.52. The Morgan fingerprint density at radius 1 is 1.44 bits per heavy atom. The van der Waals surface area contributed by atoms with Crippen molar-refractivity contribution < 1.29 is 13.9 Å². The zero-order valence-electron chi connectivity index (χ0n) is 10.1. The van der Waals surface area contributed by atoms with Gasteiger partial charge in [0.1, 0.15) is 23.3 Å². The summed E-state index contributed by atoms with van der Waals surface area (Å²) < 4.78 is 10.3. The van der Waals surface area contributed by atoms with Gasteiger partial charge in [-0.05, 0) is 18.2 Å². The smallest absolute Gasteiger partial charge is 0.224 e. The lowest BCUT2D eigenvalue weighted by molar-refractivity contribution is -0.115. The summed E-state index contributed by atoms with van der Waals surface area (Å²) in [6.45, 7) is 1.71. The maximum atomic E-state index is 12.1. The lowest BCUT2D eigenvalue weighted by Gasteiger charge is -2.05. The van der Waals surface area contributed by atoms with Crippen LogP contribution in [0.25, 0.3) is 11.0 Å². The highest BCUT2D eigenvalue weighted by Gasteiger charge is 2.09. The number of carbonyl (C=O) groups excluding carboxylic acids is 1. The molecule has 0 aliphatic rings. The summed E-state index contributed by atoms with van der Waals surface area (Å²) in [6.07, 6.45) is 1.56. The highest BCUT2D eigenvalue weighted by atomic mass is 16.5. The van der Waals surface area contributed by atoms with Gasteiger partial charge in [-0.15, -0.1) is 0 Å². The lowest BCUT2D eigenvalue weighted by Crippen LogP contribution is -2.17. The molecule has 0 aliphatic carbocycles. The molecule has 2 rings (SSSR count). The normalized spacial score (nSPS) is 10.3. The summed E-state index contributed by atoms with van der Waals surface area (Å²) in [5.74, 6) is 0.332. The Balaban J connectivity index is 2.55. The summed E-state index contributed by atoms with van der Waals surface area (Å²) >= 11 is 0. The Kier molecular flexibility index (Phi) is 3.32. The third-order valence-electron chi connectivity index (χ3n) is 2.57.